The maximum Gasteiger partial charge on any atom is 0.156 e. The Morgan fingerprint density at radius 2 is 1.78 bits per heavy atom. The van der Waals surface area contributed by atoms with Gasteiger partial charge in [-0.05, 0) is 62.0 Å². The lowest BCUT2D eigenvalue weighted by Gasteiger charge is -2.31. The van der Waals surface area contributed by atoms with Crippen LogP contribution in [0.5, 0.6) is 0 Å². The largest absolute Gasteiger partial charge is 0.299 e. The van der Waals surface area contributed by atoms with Crippen LogP contribution >= 0.6 is 0 Å². The summed E-state index contributed by atoms with van der Waals surface area (Å²) < 4.78 is 0. The number of hydrogen-bond donors (Lipinski definition) is 0. The molecule has 0 unspecified atom stereocenters. The molecule has 140 valence electrons. The lowest BCUT2D eigenvalue weighted by Crippen LogP contribution is -2.34. The molecule has 1 fully saturated rings. The Labute approximate surface area is 160 Å². The van der Waals surface area contributed by atoms with Crippen molar-refractivity contribution in [3.05, 3.63) is 59.7 Å². The van der Waals surface area contributed by atoms with Gasteiger partial charge >= 0.3 is 0 Å². The summed E-state index contributed by atoms with van der Waals surface area (Å²) in [6, 6.07) is 16.6. The molecule has 0 spiro atoms. The van der Waals surface area contributed by atoms with Crippen LogP contribution in [0.25, 0.3) is 11.0 Å². The number of aryl methyl sites for hydroxylation is 1. The first kappa shape index (κ1) is 17.9. The molecule has 5 heteroatoms. The van der Waals surface area contributed by atoms with Gasteiger partial charge in [-0.25, -0.2) is 0 Å². The Morgan fingerprint density at radius 3 is 2.56 bits per heavy atom. The summed E-state index contributed by atoms with van der Waals surface area (Å²) in [5, 5.41) is 8.86. The molecule has 27 heavy (non-hydrogen) atoms. The number of fused-ring (bicyclic) bond motifs is 1. The molecule has 2 heterocycles. The van der Waals surface area contributed by atoms with Gasteiger partial charge in [-0.2, -0.15) is 15.0 Å². The third-order valence-electron chi connectivity index (χ3n) is 5.37. The van der Waals surface area contributed by atoms with Gasteiger partial charge in [0.15, 0.2) is 5.78 Å². The lowest BCUT2D eigenvalue weighted by atomic mass is 9.91. The summed E-state index contributed by atoms with van der Waals surface area (Å²) in [4.78, 5) is 16.5. The number of aromatic nitrogens is 3. The van der Waals surface area contributed by atoms with Crippen LogP contribution in [-0.4, -0.2) is 38.8 Å². The molecule has 0 amide bonds. The van der Waals surface area contributed by atoms with Crippen LogP contribution in [-0.2, 0) is 17.9 Å². The van der Waals surface area contributed by atoms with Gasteiger partial charge in [0.2, 0.25) is 0 Å². The van der Waals surface area contributed by atoms with Gasteiger partial charge in [0.25, 0.3) is 0 Å². The van der Waals surface area contributed by atoms with Crippen LogP contribution in [0.1, 0.15) is 30.4 Å². The molecule has 0 bridgehead atoms. The van der Waals surface area contributed by atoms with Crippen molar-refractivity contribution in [3.63, 3.8) is 0 Å². The third kappa shape index (κ3) is 4.61. The molecule has 1 aliphatic heterocycles. The molecule has 0 N–H and O–H groups in total. The van der Waals surface area contributed by atoms with E-state index in [1.165, 1.54) is 5.56 Å². The van der Waals surface area contributed by atoms with Crippen LogP contribution in [0, 0.1) is 12.8 Å². The molecule has 0 aliphatic carbocycles. The number of nitrogens with zero attached hydrogens (tertiary/aromatic N) is 4. The van der Waals surface area contributed by atoms with Crippen LogP contribution in [0.15, 0.2) is 48.5 Å². The van der Waals surface area contributed by atoms with E-state index in [4.69, 9.17) is 0 Å². The summed E-state index contributed by atoms with van der Waals surface area (Å²) in [7, 11) is 0. The average Bonchev–Trinajstić information content (AvgIpc) is 3.05. The highest BCUT2D eigenvalue weighted by Gasteiger charge is 2.22. The second-order valence-electron chi connectivity index (χ2n) is 7.67. The van der Waals surface area contributed by atoms with Crippen molar-refractivity contribution in [2.45, 2.75) is 39.3 Å². The van der Waals surface area contributed by atoms with E-state index < -0.39 is 0 Å². The first-order valence-corrected chi connectivity index (χ1v) is 9.75. The number of rotatable bonds is 6. The predicted octanol–water partition coefficient (Wildman–Crippen LogP) is 3.61. The highest BCUT2D eigenvalue weighted by Crippen LogP contribution is 2.22. The van der Waals surface area contributed by atoms with Crippen molar-refractivity contribution in [1.82, 2.24) is 19.9 Å². The highest BCUT2D eigenvalue weighted by atomic mass is 16.1. The molecule has 4 rings (SSSR count). The number of ketones is 1. The van der Waals surface area contributed by atoms with E-state index in [0.29, 0.717) is 12.3 Å². The second kappa shape index (κ2) is 8.01. The topological polar surface area (TPSA) is 51.0 Å². The number of benzene rings is 2. The van der Waals surface area contributed by atoms with Gasteiger partial charge in [-0.15, -0.1) is 0 Å². The fraction of sp³-hybridized carbons (Fsp3) is 0.409. The molecule has 0 radical (unpaired) electrons. The standard InChI is InChI=1S/C22H26N4O/c1-17-7-8-21-22(13-17)24-26(23-21)16-20(27)14-18-9-11-25(12-10-18)15-19-5-3-2-4-6-19/h2-8,13,18H,9-12,14-16H2,1H3. The normalized spacial score (nSPS) is 16.0. The average molecular weight is 362 g/mol. The molecule has 0 atom stereocenters. The van der Waals surface area contributed by atoms with E-state index in [0.717, 1.165) is 49.1 Å². The molecule has 0 saturated carbocycles. The molecule has 1 aromatic heterocycles. The SMILES string of the molecule is Cc1ccc2nn(CC(=O)CC3CCN(Cc4ccccc4)CC3)nc2c1. The first-order chi connectivity index (χ1) is 13.2. The number of carbonyl (C=O) groups excluding carboxylic acids is 1. The van der Waals surface area contributed by atoms with Gasteiger partial charge in [0.1, 0.15) is 17.6 Å². The van der Waals surface area contributed by atoms with E-state index in [2.05, 4.69) is 45.4 Å². The van der Waals surface area contributed by atoms with Crippen LogP contribution in [0.2, 0.25) is 0 Å². The molecular weight excluding hydrogens is 336 g/mol. The summed E-state index contributed by atoms with van der Waals surface area (Å²) in [6.45, 7) is 5.45. The minimum Gasteiger partial charge on any atom is -0.299 e. The third-order valence-corrected chi connectivity index (χ3v) is 5.37. The van der Waals surface area contributed by atoms with Gasteiger partial charge in [0, 0.05) is 13.0 Å². The Morgan fingerprint density at radius 1 is 1.04 bits per heavy atom. The quantitative estimate of drug-likeness (QED) is 0.672. The zero-order chi connectivity index (χ0) is 18.6. The van der Waals surface area contributed by atoms with Crippen molar-refractivity contribution in [3.8, 4) is 0 Å². The van der Waals surface area contributed by atoms with Crippen LogP contribution < -0.4 is 0 Å². The van der Waals surface area contributed by atoms with Crippen molar-refractivity contribution in [2.24, 2.45) is 5.92 Å². The Bertz CT molecular complexity index is 910. The predicted molar refractivity (Wildman–Crippen MR) is 106 cm³/mol. The molecule has 5 nitrogen and oxygen atoms in total. The van der Waals surface area contributed by atoms with Crippen molar-refractivity contribution >= 4 is 16.8 Å². The van der Waals surface area contributed by atoms with E-state index in [9.17, 15) is 4.79 Å². The van der Waals surface area contributed by atoms with E-state index in [1.807, 2.05) is 25.1 Å². The monoisotopic (exact) mass is 362 g/mol. The van der Waals surface area contributed by atoms with E-state index in [1.54, 1.807) is 4.80 Å². The van der Waals surface area contributed by atoms with Gasteiger partial charge in [-0.3, -0.25) is 9.69 Å². The van der Waals surface area contributed by atoms with Gasteiger partial charge < -0.3 is 0 Å². The molecule has 1 saturated heterocycles. The van der Waals surface area contributed by atoms with Crippen molar-refractivity contribution < 1.29 is 4.79 Å². The lowest BCUT2D eigenvalue weighted by molar-refractivity contribution is -0.121. The number of hydrogen-bond acceptors (Lipinski definition) is 4. The fourth-order valence-corrected chi connectivity index (χ4v) is 3.87. The van der Waals surface area contributed by atoms with Gasteiger partial charge in [0.05, 0.1) is 0 Å². The number of piperidine rings is 1. The van der Waals surface area contributed by atoms with Crippen molar-refractivity contribution in [2.75, 3.05) is 13.1 Å². The molecular formula is C22H26N4O. The van der Waals surface area contributed by atoms with Crippen LogP contribution in [0.3, 0.4) is 0 Å². The summed E-state index contributed by atoms with van der Waals surface area (Å²) in [6.07, 6.45) is 2.81. The van der Waals surface area contributed by atoms with E-state index >= 15 is 0 Å². The molecule has 1 aliphatic rings. The molecule has 2 aromatic carbocycles. The number of carbonyl (C=O) groups is 1. The second-order valence-corrected chi connectivity index (χ2v) is 7.67. The van der Waals surface area contributed by atoms with Crippen LogP contribution in [0.4, 0.5) is 0 Å². The van der Waals surface area contributed by atoms with Gasteiger partial charge in [-0.1, -0.05) is 36.4 Å². The van der Waals surface area contributed by atoms with E-state index in [-0.39, 0.29) is 12.3 Å². The minimum absolute atomic E-state index is 0.230. The summed E-state index contributed by atoms with van der Waals surface area (Å²) in [5.41, 5.74) is 4.22. The highest BCUT2D eigenvalue weighted by molar-refractivity contribution is 5.79. The zero-order valence-corrected chi connectivity index (χ0v) is 15.8. The summed E-state index contributed by atoms with van der Waals surface area (Å²) in [5.74, 6) is 0.713. The number of likely N-dealkylation sites (tertiary alicyclic amines) is 1. The Balaban J connectivity index is 1.26. The minimum atomic E-state index is 0.230. The van der Waals surface area contributed by atoms with Crippen molar-refractivity contribution in [1.29, 1.82) is 0 Å². The number of Topliss-reactive ketones (excluding diaryl/α,β-unsaturated/α-hetero) is 1. The maximum absolute atomic E-state index is 12.5. The fourth-order valence-electron chi connectivity index (χ4n) is 3.87. The Hall–Kier alpha value is -2.53. The first-order valence-electron chi connectivity index (χ1n) is 9.75. The smallest absolute Gasteiger partial charge is 0.156 e. The Kier molecular flexibility index (Phi) is 5.30. The maximum atomic E-state index is 12.5. The zero-order valence-electron chi connectivity index (χ0n) is 15.8. The summed E-state index contributed by atoms with van der Waals surface area (Å²) >= 11 is 0. The molecule has 3 aromatic rings.